The molecule has 248 valence electrons. The highest BCUT2D eigenvalue weighted by Gasteiger charge is 2.25. The van der Waals surface area contributed by atoms with Gasteiger partial charge in [0.15, 0.2) is 0 Å². The van der Waals surface area contributed by atoms with Crippen molar-refractivity contribution in [3.05, 3.63) is 48.6 Å². The van der Waals surface area contributed by atoms with Crippen LogP contribution < -0.4 is 16.4 Å². The third-order valence-corrected chi connectivity index (χ3v) is 7.47. The zero-order valence-electron chi connectivity index (χ0n) is 25.0. The maximum atomic E-state index is 12.6. The van der Waals surface area contributed by atoms with E-state index in [0.29, 0.717) is 6.42 Å². The average molecular weight is 642 g/mol. The number of allylic oxidation sites excluding steroid dienone is 6. The lowest BCUT2D eigenvalue weighted by atomic mass is 10.1. The summed E-state index contributed by atoms with van der Waals surface area (Å²) in [6.07, 6.45) is 15.8. The van der Waals surface area contributed by atoms with Crippen molar-refractivity contribution in [1.29, 1.82) is 0 Å². The van der Waals surface area contributed by atoms with E-state index in [9.17, 15) is 34.2 Å². The first-order valence-corrected chi connectivity index (χ1v) is 15.6. The zero-order valence-corrected chi connectivity index (χ0v) is 25.9. The molecule has 0 aromatic carbocycles. The fourth-order valence-electron chi connectivity index (χ4n) is 3.60. The van der Waals surface area contributed by atoms with Gasteiger partial charge in [0.05, 0.1) is 12.2 Å². The molecule has 13 nitrogen and oxygen atoms in total. The molecule has 44 heavy (non-hydrogen) atoms. The van der Waals surface area contributed by atoms with Gasteiger partial charge in [-0.2, -0.15) is 0 Å². The molecule has 0 aliphatic rings. The van der Waals surface area contributed by atoms with Crippen molar-refractivity contribution in [1.82, 2.24) is 10.6 Å². The number of nitrogens with one attached hydrogen (secondary N) is 2. The zero-order chi connectivity index (χ0) is 33.3. The van der Waals surface area contributed by atoms with E-state index in [2.05, 4.69) is 17.6 Å². The number of amides is 2. The Labute approximate surface area is 262 Å². The van der Waals surface area contributed by atoms with E-state index in [4.69, 9.17) is 21.1 Å². The average Bonchev–Trinajstić information content (AvgIpc) is 2.96. The van der Waals surface area contributed by atoms with Gasteiger partial charge in [0.2, 0.25) is 11.8 Å². The molecule has 2 amide bonds. The van der Waals surface area contributed by atoms with Crippen molar-refractivity contribution in [2.75, 3.05) is 12.3 Å². The van der Waals surface area contributed by atoms with E-state index in [-0.39, 0.29) is 37.9 Å². The number of carbonyl (C=O) groups excluding carboxylic acids is 2. The van der Waals surface area contributed by atoms with E-state index in [0.717, 1.165) is 31.0 Å². The van der Waals surface area contributed by atoms with Crippen molar-refractivity contribution in [3.63, 3.8) is 0 Å². The molecule has 0 heterocycles. The molecule has 0 aromatic rings. The van der Waals surface area contributed by atoms with Crippen molar-refractivity contribution in [2.45, 2.75) is 94.3 Å². The Morgan fingerprint density at radius 3 is 2.02 bits per heavy atom. The molecule has 0 spiro atoms. The lowest BCUT2D eigenvalue weighted by Crippen LogP contribution is -2.50. The molecule has 9 N–H and O–H groups in total. The maximum absolute atomic E-state index is 12.6. The quantitative estimate of drug-likeness (QED) is 0.0526. The van der Waals surface area contributed by atoms with Gasteiger partial charge in [0.25, 0.3) is 0 Å². The SMILES string of the molecule is CCCCC[C@H](O)C=CC=CC=CC=C[C@@H](SC[C@H](NC(=O)CC[C@H](N)C(=O)O)C(=O)NCC(=O)O)C(O)CCCC(=O)O. The normalized spacial score (nSPS) is 15.4. The highest BCUT2D eigenvalue weighted by molar-refractivity contribution is 8.00. The van der Waals surface area contributed by atoms with E-state index >= 15 is 0 Å². The van der Waals surface area contributed by atoms with Gasteiger partial charge in [0.1, 0.15) is 18.6 Å². The summed E-state index contributed by atoms with van der Waals surface area (Å²) in [7, 11) is 0. The number of carboxylic acid groups (broad SMARTS) is 3. The number of hydrogen-bond acceptors (Lipinski definition) is 9. The van der Waals surface area contributed by atoms with Crippen LogP contribution in [0.4, 0.5) is 0 Å². The Bertz CT molecular complexity index is 1020. The van der Waals surface area contributed by atoms with Crippen LogP contribution in [0.25, 0.3) is 0 Å². The fraction of sp³-hybridized carbons (Fsp3) is 0.567. The topological polar surface area (TPSA) is 237 Å². The number of aliphatic hydroxyl groups is 2. The summed E-state index contributed by atoms with van der Waals surface area (Å²) in [6, 6.07) is -2.48. The molecule has 1 unspecified atom stereocenters. The fourth-order valence-corrected chi connectivity index (χ4v) is 4.81. The molecular weight excluding hydrogens is 594 g/mol. The second-order valence-corrected chi connectivity index (χ2v) is 11.2. The first-order chi connectivity index (χ1) is 20.9. The largest absolute Gasteiger partial charge is 0.481 e. The highest BCUT2D eigenvalue weighted by atomic mass is 32.2. The van der Waals surface area contributed by atoms with Gasteiger partial charge in [-0.25, -0.2) is 0 Å². The molecular formula is C30H47N3O10S. The first kappa shape index (κ1) is 40.5. The van der Waals surface area contributed by atoms with Gasteiger partial charge in [-0.05, 0) is 25.7 Å². The monoisotopic (exact) mass is 641 g/mol. The Hall–Kier alpha value is -3.46. The number of rotatable bonds is 25. The number of aliphatic hydroxyl groups excluding tert-OH is 2. The van der Waals surface area contributed by atoms with Crippen LogP contribution in [-0.4, -0.2) is 97.1 Å². The van der Waals surface area contributed by atoms with Crippen LogP contribution in [0.1, 0.15) is 64.7 Å². The second-order valence-electron chi connectivity index (χ2n) is 9.97. The summed E-state index contributed by atoms with van der Waals surface area (Å²) in [4.78, 5) is 57.8. The van der Waals surface area contributed by atoms with Crippen LogP contribution in [-0.2, 0) is 24.0 Å². The lowest BCUT2D eigenvalue weighted by molar-refractivity contribution is -0.139. The van der Waals surface area contributed by atoms with Gasteiger partial charge in [-0.15, -0.1) is 11.8 Å². The number of nitrogens with two attached hydrogens (primary N) is 1. The van der Waals surface area contributed by atoms with E-state index in [1.165, 1.54) is 0 Å². The summed E-state index contributed by atoms with van der Waals surface area (Å²) >= 11 is 1.10. The second kappa shape index (κ2) is 24.9. The molecule has 14 heteroatoms. The summed E-state index contributed by atoms with van der Waals surface area (Å²) < 4.78 is 0. The van der Waals surface area contributed by atoms with Gasteiger partial charge >= 0.3 is 17.9 Å². The Kier molecular flexibility index (Phi) is 23.0. The standard InChI is InChI=1S/C30H47N3O10S/c1-2-3-8-12-21(34)13-9-6-4-5-7-10-15-25(24(35)14-11-16-27(37)38)44-20-23(29(41)32-19-28(39)40)33-26(36)18-17-22(31)30(42)43/h4-7,9-10,13,15,21-25,34-35H,2-3,8,11-12,14,16-20,31H2,1H3,(H,32,41)(H,33,36)(H,37,38)(H,39,40)(H,42,43)/t21-,22-,23-,24?,25+/m0/s1. The third-order valence-electron chi connectivity index (χ3n) is 6.08. The van der Waals surface area contributed by atoms with E-state index in [1.54, 1.807) is 48.6 Å². The molecule has 0 saturated carbocycles. The minimum atomic E-state index is -1.29. The maximum Gasteiger partial charge on any atom is 0.322 e. The number of hydrogen-bond donors (Lipinski definition) is 8. The smallest absolute Gasteiger partial charge is 0.322 e. The molecule has 0 bridgehead atoms. The van der Waals surface area contributed by atoms with E-state index < -0.39 is 65.8 Å². The number of carboxylic acids is 3. The van der Waals surface area contributed by atoms with Gasteiger partial charge in [-0.3, -0.25) is 24.0 Å². The molecule has 0 radical (unpaired) electrons. The summed E-state index contributed by atoms with van der Waals surface area (Å²) in [6.45, 7) is 1.41. The molecule has 0 aliphatic carbocycles. The van der Waals surface area contributed by atoms with Crippen LogP contribution in [0.5, 0.6) is 0 Å². The van der Waals surface area contributed by atoms with Crippen molar-refractivity contribution in [2.24, 2.45) is 5.73 Å². The Balaban J connectivity index is 5.45. The van der Waals surface area contributed by atoms with Crippen LogP contribution in [0.15, 0.2) is 48.6 Å². The van der Waals surface area contributed by atoms with Crippen molar-refractivity contribution in [3.8, 4) is 0 Å². The van der Waals surface area contributed by atoms with Gasteiger partial charge in [-0.1, -0.05) is 74.8 Å². The predicted octanol–water partition coefficient (Wildman–Crippen LogP) is 1.75. The van der Waals surface area contributed by atoms with Crippen LogP contribution in [0, 0.1) is 0 Å². The lowest BCUT2D eigenvalue weighted by Gasteiger charge is -2.23. The molecule has 0 aromatic heterocycles. The predicted molar refractivity (Wildman–Crippen MR) is 168 cm³/mol. The van der Waals surface area contributed by atoms with Gasteiger partial charge < -0.3 is 41.9 Å². The molecule has 0 rings (SSSR count). The molecule has 5 atom stereocenters. The first-order valence-electron chi connectivity index (χ1n) is 14.5. The minimum Gasteiger partial charge on any atom is -0.481 e. The van der Waals surface area contributed by atoms with Crippen molar-refractivity contribution >= 4 is 41.5 Å². The number of aliphatic carboxylic acids is 3. The molecule has 0 aliphatic heterocycles. The Morgan fingerprint density at radius 2 is 1.43 bits per heavy atom. The van der Waals surface area contributed by atoms with E-state index in [1.807, 2.05) is 0 Å². The molecule has 0 fully saturated rings. The van der Waals surface area contributed by atoms with Crippen LogP contribution in [0.2, 0.25) is 0 Å². The summed E-state index contributed by atoms with van der Waals surface area (Å²) in [5.74, 6) is -5.11. The van der Waals surface area contributed by atoms with Crippen LogP contribution >= 0.6 is 11.8 Å². The highest BCUT2D eigenvalue weighted by Crippen LogP contribution is 2.22. The summed E-state index contributed by atoms with van der Waals surface area (Å²) in [5.41, 5.74) is 5.43. The molecule has 0 saturated heterocycles. The van der Waals surface area contributed by atoms with Crippen molar-refractivity contribution < 1.29 is 49.5 Å². The van der Waals surface area contributed by atoms with Crippen LogP contribution in [0.3, 0.4) is 0 Å². The minimum absolute atomic E-state index is 0.0812. The Morgan fingerprint density at radius 1 is 0.795 bits per heavy atom. The number of unbranched alkanes of at least 4 members (excludes halogenated alkanes) is 2. The number of thioether (sulfide) groups is 1. The third kappa shape index (κ3) is 22.1. The number of carbonyl (C=O) groups is 5. The van der Waals surface area contributed by atoms with Gasteiger partial charge in [0, 0.05) is 23.8 Å². The summed E-state index contributed by atoms with van der Waals surface area (Å²) in [5, 5.41) is 51.4.